The van der Waals surface area contributed by atoms with Gasteiger partial charge in [-0.15, -0.1) is 0 Å². The molecular weight excluding hydrogens is 240 g/mol. The van der Waals surface area contributed by atoms with Crippen molar-refractivity contribution < 1.29 is 4.79 Å². The molecule has 98 valence electrons. The molecule has 0 bridgehead atoms. The zero-order valence-corrected chi connectivity index (χ0v) is 10.8. The molecule has 0 radical (unpaired) electrons. The minimum absolute atomic E-state index is 0.191. The van der Waals surface area contributed by atoms with Crippen LogP contribution in [0.15, 0.2) is 42.9 Å². The summed E-state index contributed by atoms with van der Waals surface area (Å²) in [6, 6.07) is 7.32. The number of nitrogens with zero attached hydrogens (tertiary/aromatic N) is 2. The van der Waals surface area contributed by atoms with Gasteiger partial charge in [0, 0.05) is 37.4 Å². The number of hydrogen-bond donors (Lipinski definition) is 2. The van der Waals surface area contributed by atoms with Gasteiger partial charge < -0.3 is 10.6 Å². The van der Waals surface area contributed by atoms with E-state index in [0.29, 0.717) is 12.2 Å². The van der Waals surface area contributed by atoms with Crippen LogP contribution in [-0.2, 0) is 6.54 Å². The first-order valence-electron chi connectivity index (χ1n) is 6.16. The number of anilines is 1. The van der Waals surface area contributed by atoms with Gasteiger partial charge in [-0.05, 0) is 30.7 Å². The minimum atomic E-state index is -0.191. The maximum Gasteiger partial charge on any atom is 0.270 e. The van der Waals surface area contributed by atoms with Crippen LogP contribution in [-0.4, -0.2) is 22.4 Å². The summed E-state index contributed by atoms with van der Waals surface area (Å²) in [7, 11) is 0. The Kier molecular flexibility index (Phi) is 4.44. The molecule has 0 unspecified atom stereocenters. The number of pyridine rings is 2. The molecule has 2 rings (SSSR count). The molecular formula is C14H16N4O. The molecule has 0 aliphatic rings. The third kappa shape index (κ3) is 3.77. The molecule has 5 nitrogen and oxygen atoms in total. The van der Waals surface area contributed by atoms with Gasteiger partial charge >= 0.3 is 0 Å². The van der Waals surface area contributed by atoms with Crippen LogP contribution in [0.3, 0.4) is 0 Å². The van der Waals surface area contributed by atoms with Gasteiger partial charge in [-0.1, -0.05) is 6.07 Å². The third-order valence-electron chi connectivity index (χ3n) is 2.55. The van der Waals surface area contributed by atoms with E-state index in [0.717, 1.165) is 17.8 Å². The third-order valence-corrected chi connectivity index (χ3v) is 2.55. The summed E-state index contributed by atoms with van der Waals surface area (Å²) >= 11 is 0. The highest BCUT2D eigenvalue weighted by Gasteiger charge is 2.07. The lowest BCUT2D eigenvalue weighted by atomic mass is 10.2. The highest BCUT2D eigenvalue weighted by atomic mass is 16.1. The van der Waals surface area contributed by atoms with Crippen molar-refractivity contribution in [2.24, 2.45) is 0 Å². The summed E-state index contributed by atoms with van der Waals surface area (Å²) in [5.41, 5.74) is 2.25. The summed E-state index contributed by atoms with van der Waals surface area (Å²) in [5, 5.41) is 5.96. The van der Waals surface area contributed by atoms with Gasteiger partial charge in [0.25, 0.3) is 5.91 Å². The van der Waals surface area contributed by atoms with Gasteiger partial charge in [-0.25, -0.2) is 0 Å². The van der Waals surface area contributed by atoms with Crippen LogP contribution in [0.5, 0.6) is 0 Å². The van der Waals surface area contributed by atoms with E-state index in [2.05, 4.69) is 20.6 Å². The lowest BCUT2D eigenvalue weighted by Gasteiger charge is -2.07. The quantitative estimate of drug-likeness (QED) is 0.856. The number of aromatic nitrogens is 2. The largest absolute Gasteiger partial charge is 0.385 e. The SMILES string of the molecule is CCNc1ccnc(C(=O)NCc2cccnc2)c1. The van der Waals surface area contributed by atoms with E-state index in [9.17, 15) is 4.79 Å². The topological polar surface area (TPSA) is 66.9 Å². The lowest BCUT2D eigenvalue weighted by molar-refractivity contribution is 0.0946. The normalized spacial score (nSPS) is 9.95. The van der Waals surface area contributed by atoms with Crippen molar-refractivity contribution in [2.75, 3.05) is 11.9 Å². The summed E-state index contributed by atoms with van der Waals surface area (Å²) in [4.78, 5) is 20.0. The van der Waals surface area contributed by atoms with E-state index in [1.54, 1.807) is 24.7 Å². The summed E-state index contributed by atoms with van der Waals surface area (Å²) in [5.74, 6) is -0.191. The first-order chi connectivity index (χ1) is 9.29. The van der Waals surface area contributed by atoms with Gasteiger partial charge in [0.1, 0.15) is 5.69 Å². The van der Waals surface area contributed by atoms with Gasteiger partial charge in [0.15, 0.2) is 0 Å². The van der Waals surface area contributed by atoms with Crippen LogP contribution >= 0.6 is 0 Å². The van der Waals surface area contributed by atoms with Gasteiger partial charge in [0.05, 0.1) is 0 Å². The predicted molar refractivity (Wildman–Crippen MR) is 73.8 cm³/mol. The maximum absolute atomic E-state index is 12.0. The molecule has 2 heterocycles. The Morgan fingerprint density at radius 1 is 1.32 bits per heavy atom. The van der Waals surface area contributed by atoms with E-state index in [1.165, 1.54) is 0 Å². The average Bonchev–Trinajstić information content (AvgIpc) is 2.46. The first kappa shape index (κ1) is 13.0. The molecule has 0 aromatic carbocycles. The van der Waals surface area contributed by atoms with Crippen LogP contribution in [0, 0.1) is 0 Å². The monoisotopic (exact) mass is 256 g/mol. The fourth-order valence-electron chi connectivity index (χ4n) is 1.64. The Morgan fingerprint density at radius 3 is 2.95 bits per heavy atom. The van der Waals surface area contributed by atoms with Crippen molar-refractivity contribution in [3.8, 4) is 0 Å². The Hall–Kier alpha value is -2.43. The number of carbonyl (C=O) groups excluding carboxylic acids is 1. The number of nitrogens with one attached hydrogen (secondary N) is 2. The molecule has 1 amide bonds. The summed E-state index contributed by atoms with van der Waals surface area (Å²) in [6.07, 6.45) is 5.05. The molecule has 0 atom stereocenters. The van der Waals surface area contributed by atoms with Crippen molar-refractivity contribution in [1.29, 1.82) is 0 Å². The fraction of sp³-hybridized carbons (Fsp3) is 0.214. The molecule has 0 aliphatic heterocycles. The number of carbonyl (C=O) groups is 1. The van der Waals surface area contributed by atoms with Gasteiger partial charge in [0.2, 0.25) is 0 Å². The van der Waals surface area contributed by atoms with E-state index in [1.807, 2.05) is 25.1 Å². The zero-order valence-electron chi connectivity index (χ0n) is 10.8. The van der Waals surface area contributed by atoms with Crippen LogP contribution in [0.4, 0.5) is 5.69 Å². The second-order valence-corrected chi connectivity index (χ2v) is 4.00. The van der Waals surface area contributed by atoms with Crippen LogP contribution < -0.4 is 10.6 Å². The van der Waals surface area contributed by atoms with Crippen molar-refractivity contribution in [1.82, 2.24) is 15.3 Å². The molecule has 0 spiro atoms. The zero-order chi connectivity index (χ0) is 13.5. The average molecular weight is 256 g/mol. The van der Waals surface area contributed by atoms with Gasteiger partial charge in [-0.3, -0.25) is 14.8 Å². The molecule has 0 fully saturated rings. The first-order valence-corrected chi connectivity index (χ1v) is 6.16. The van der Waals surface area contributed by atoms with E-state index >= 15 is 0 Å². The molecule has 0 aliphatic carbocycles. The molecule has 0 saturated heterocycles. The van der Waals surface area contributed by atoms with Crippen LogP contribution in [0.1, 0.15) is 23.0 Å². The maximum atomic E-state index is 12.0. The minimum Gasteiger partial charge on any atom is -0.385 e. The number of hydrogen-bond acceptors (Lipinski definition) is 4. The molecule has 2 aromatic rings. The van der Waals surface area contributed by atoms with Crippen molar-refractivity contribution in [3.05, 3.63) is 54.1 Å². The molecule has 5 heteroatoms. The second kappa shape index (κ2) is 6.49. The van der Waals surface area contributed by atoms with E-state index in [4.69, 9.17) is 0 Å². The highest BCUT2D eigenvalue weighted by Crippen LogP contribution is 2.07. The highest BCUT2D eigenvalue weighted by molar-refractivity contribution is 5.93. The van der Waals surface area contributed by atoms with Gasteiger partial charge in [-0.2, -0.15) is 0 Å². The molecule has 19 heavy (non-hydrogen) atoms. The molecule has 0 saturated carbocycles. The number of amides is 1. The van der Waals surface area contributed by atoms with Crippen molar-refractivity contribution in [2.45, 2.75) is 13.5 Å². The van der Waals surface area contributed by atoms with E-state index < -0.39 is 0 Å². The van der Waals surface area contributed by atoms with Crippen molar-refractivity contribution in [3.63, 3.8) is 0 Å². The fourth-order valence-corrected chi connectivity index (χ4v) is 1.64. The lowest BCUT2D eigenvalue weighted by Crippen LogP contribution is -2.23. The second-order valence-electron chi connectivity index (χ2n) is 4.00. The van der Waals surface area contributed by atoms with Crippen LogP contribution in [0.2, 0.25) is 0 Å². The van der Waals surface area contributed by atoms with Crippen molar-refractivity contribution >= 4 is 11.6 Å². The van der Waals surface area contributed by atoms with E-state index in [-0.39, 0.29) is 5.91 Å². The Morgan fingerprint density at radius 2 is 2.21 bits per heavy atom. The Bertz CT molecular complexity index is 542. The Balaban J connectivity index is 1.98. The Labute approximate surface area is 112 Å². The summed E-state index contributed by atoms with van der Waals surface area (Å²) in [6.45, 7) is 3.25. The molecule has 2 N–H and O–H groups in total. The predicted octanol–water partition coefficient (Wildman–Crippen LogP) is 1.84. The smallest absolute Gasteiger partial charge is 0.270 e. The number of rotatable bonds is 5. The molecule has 2 aromatic heterocycles. The summed E-state index contributed by atoms with van der Waals surface area (Å²) < 4.78 is 0. The standard InChI is InChI=1S/C14H16N4O/c1-2-16-12-5-7-17-13(8-12)14(19)18-10-11-4-3-6-15-9-11/h3-9H,2,10H2,1H3,(H,16,17)(H,18,19). The van der Waals surface area contributed by atoms with Crippen LogP contribution in [0.25, 0.3) is 0 Å².